The standard InChI is InChI=1S/C15H18N4O.2ClH/c16-9-11-5-7-19(8-6-11)15(20)14-10-17-12-3-1-2-4-13(12)18-14;;/h1-4,10-11H,5-9,16H2;2*1H. The highest BCUT2D eigenvalue weighted by molar-refractivity contribution is 5.93. The summed E-state index contributed by atoms with van der Waals surface area (Å²) in [6, 6.07) is 7.58. The molecule has 7 heteroatoms. The van der Waals surface area contributed by atoms with E-state index in [1.54, 1.807) is 6.20 Å². The van der Waals surface area contributed by atoms with Crippen LogP contribution in [0.15, 0.2) is 30.5 Å². The second-order valence-corrected chi connectivity index (χ2v) is 5.22. The molecule has 0 saturated carbocycles. The summed E-state index contributed by atoms with van der Waals surface area (Å²) in [5.74, 6) is 0.514. The molecule has 5 nitrogen and oxygen atoms in total. The molecule has 1 aromatic carbocycles. The quantitative estimate of drug-likeness (QED) is 0.908. The van der Waals surface area contributed by atoms with Crippen LogP contribution in [0.1, 0.15) is 23.3 Å². The summed E-state index contributed by atoms with van der Waals surface area (Å²) >= 11 is 0. The van der Waals surface area contributed by atoms with E-state index in [9.17, 15) is 4.79 Å². The number of piperidine rings is 1. The minimum atomic E-state index is -0.0290. The Morgan fingerprint density at radius 2 is 1.82 bits per heavy atom. The number of fused-ring (bicyclic) bond motifs is 1. The summed E-state index contributed by atoms with van der Waals surface area (Å²) in [6.07, 6.45) is 3.52. The van der Waals surface area contributed by atoms with E-state index in [0.717, 1.165) is 37.0 Å². The summed E-state index contributed by atoms with van der Waals surface area (Å²) in [4.78, 5) is 23.0. The summed E-state index contributed by atoms with van der Waals surface area (Å²) in [5, 5.41) is 0. The van der Waals surface area contributed by atoms with Crippen LogP contribution in [0.25, 0.3) is 11.0 Å². The van der Waals surface area contributed by atoms with Gasteiger partial charge in [0, 0.05) is 13.1 Å². The molecule has 1 aliphatic rings. The largest absolute Gasteiger partial charge is 0.337 e. The van der Waals surface area contributed by atoms with Crippen LogP contribution in [-0.2, 0) is 0 Å². The average molecular weight is 343 g/mol. The number of carbonyl (C=O) groups excluding carboxylic acids is 1. The molecule has 2 aromatic rings. The van der Waals surface area contributed by atoms with Crippen molar-refractivity contribution >= 4 is 41.8 Å². The molecule has 0 atom stereocenters. The van der Waals surface area contributed by atoms with Gasteiger partial charge in [-0.25, -0.2) is 4.98 Å². The van der Waals surface area contributed by atoms with E-state index in [2.05, 4.69) is 9.97 Å². The molecular formula is C15H20Cl2N4O. The number of benzene rings is 1. The third-order valence-electron chi connectivity index (χ3n) is 3.90. The van der Waals surface area contributed by atoms with Crippen LogP contribution in [-0.4, -0.2) is 40.4 Å². The number of likely N-dealkylation sites (tertiary alicyclic amines) is 1. The van der Waals surface area contributed by atoms with E-state index >= 15 is 0 Å². The second-order valence-electron chi connectivity index (χ2n) is 5.22. The van der Waals surface area contributed by atoms with Gasteiger partial charge < -0.3 is 10.6 Å². The van der Waals surface area contributed by atoms with Crippen molar-refractivity contribution in [1.82, 2.24) is 14.9 Å². The Hall–Kier alpha value is -1.43. The van der Waals surface area contributed by atoms with Gasteiger partial charge in [-0.3, -0.25) is 9.78 Å². The van der Waals surface area contributed by atoms with Crippen LogP contribution in [0.2, 0.25) is 0 Å². The molecule has 0 spiro atoms. The van der Waals surface area contributed by atoms with Gasteiger partial charge in [0.25, 0.3) is 5.91 Å². The molecule has 0 bridgehead atoms. The number of rotatable bonds is 2. The van der Waals surface area contributed by atoms with Crippen LogP contribution in [0, 0.1) is 5.92 Å². The van der Waals surface area contributed by atoms with Gasteiger partial charge in [-0.1, -0.05) is 12.1 Å². The molecule has 2 heterocycles. The predicted molar refractivity (Wildman–Crippen MR) is 91.7 cm³/mol. The van der Waals surface area contributed by atoms with E-state index in [-0.39, 0.29) is 30.7 Å². The number of amides is 1. The SMILES string of the molecule is Cl.Cl.NCC1CCN(C(=O)c2cnc3ccccc3n2)CC1. The van der Waals surface area contributed by atoms with Crippen molar-refractivity contribution in [2.24, 2.45) is 11.7 Å². The smallest absolute Gasteiger partial charge is 0.274 e. The lowest BCUT2D eigenvalue weighted by Crippen LogP contribution is -2.40. The fraction of sp³-hybridized carbons (Fsp3) is 0.400. The predicted octanol–water partition coefficient (Wildman–Crippen LogP) is 2.28. The molecule has 1 saturated heterocycles. The fourth-order valence-electron chi connectivity index (χ4n) is 2.59. The zero-order chi connectivity index (χ0) is 13.9. The highest BCUT2D eigenvalue weighted by atomic mass is 35.5. The lowest BCUT2D eigenvalue weighted by molar-refractivity contribution is 0.0687. The van der Waals surface area contributed by atoms with Crippen molar-refractivity contribution in [1.29, 1.82) is 0 Å². The first-order valence-electron chi connectivity index (χ1n) is 6.99. The maximum atomic E-state index is 12.4. The van der Waals surface area contributed by atoms with Crippen molar-refractivity contribution in [2.45, 2.75) is 12.8 Å². The van der Waals surface area contributed by atoms with Gasteiger partial charge in [-0.15, -0.1) is 24.8 Å². The number of halogens is 2. The van der Waals surface area contributed by atoms with Gasteiger partial charge in [-0.05, 0) is 37.4 Å². The molecular weight excluding hydrogens is 323 g/mol. The lowest BCUT2D eigenvalue weighted by Gasteiger charge is -2.31. The number of aromatic nitrogens is 2. The highest BCUT2D eigenvalue weighted by Gasteiger charge is 2.23. The van der Waals surface area contributed by atoms with E-state index in [1.165, 1.54) is 0 Å². The molecule has 1 amide bonds. The monoisotopic (exact) mass is 342 g/mol. The number of hydrogen-bond donors (Lipinski definition) is 1. The summed E-state index contributed by atoms with van der Waals surface area (Å²) in [5.41, 5.74) is 7.67. The first-order valence-corrected chi connectivity index (χ1v) is 6.99. The number of nitrogens with two attached hydrogens (primary N) is 1. The molecule has 1 aliphatic heterocycles. The van der Waals surface area contributed by atoms with Crippen molar-refractivity contribution < 1.29 is 4.79 Å². The second kappa shape index (κ2) is 8.27. The normalized spacial score (nSPS) is 15.0. The van der Waals surface area contributed by atoms with Gasteiger partial charge in [0.15, 0.2) is 0 Å². The van der Waals surface area contributed by atoms with Crippen molar-refractivity contribution in [2.75, 3.05) is 19.6 Å². The molecule has 0 radical (unpaired) electrons. The Labute approximate surface area is 142 Å². The van der Waals surface area contributed by atoms with Crippen molar-refractivity contribution in [3.05, 3.63) is 36.2 Å². The summed E-state index contributed by atoms with van der Waals surface area (Å²) < 4.78 is 0. The van der Waals surface area contributed by atoms with Crippen LogP contribution in [0.5, 0.6) is 0 Å². The van der Waals surface area contributed by atoms with Gasteiger partial charge in [-0.2, -0.15) is 0 Å². The Morgan fingerprint density at radius 3 is 2.45 bits per heavy atom. The number of para-hydroxylation sites is 2. The fourth-order valence-corrected chi connectivity index (χ4v) is 2.59. The zero-order valence-corrected chi connectivity index (χ0v) is 13.8. The number of hydrogen-bond acceptors (Lipinski definition) is 4. The van der Waals surface area contributed by atoms with E-state index in [0.29, 0.717) is 18.2 Å². The van der Waals surface area contributed by atoms with Gasteiger partial charge >= 0.3 is 0 Å². The summed E-state index contributed by atoms with van der Waals surface area (Å²) in [7, 11) is 0. The minimum Gasteiger partial charge on any atom is -0.337 e. The molecule has 22 heavy (non-hydrogen) atoms. The van der Waals surface area contributed by atoms with Crippen LogP contribution in [0.4, 0.5) is 0 Å². The third-order valence-corrected chi connectivity index (χ3v) is 3.90. The Balaban J connectivity index is 0.00000121. The number of carbonyl (C=O) groups is 1. The first-order chi connectivity index (χ1) is 9.78. The van der Waals surface area contributed by atoms with Crippen LogP contribution < -0.4 is 5.73 Å². The first kappa shape index (κ1) is 18.6. The third kappa shape index (κ3) is 3.85. The zero-order valence-electron chi connectivity index (χ0n) is 12.1. The minimum absolute atomic E-state index is 0. The molecule has 0 aliphatic carbocycles. The molecule has 1 fully saturated rings. The highest BCUT2D eigenvalue weighted by Crippen LogP contribution is 2.18. The molecule has 1 aromatic heterocycles. The average Bonchev–Trinajstić information content (AvgIpc) is 2.54. The molecule has 120 valence electrons. The van der Waals surface area contributed by atoms with Crippen LogP contribution >= 0.6 is 24.8 Å². The topological polar surface area (TPSA) is 72.1 Å². The Bertz CT molecular complexity index is 630. The maximum Gasteiger partial charge on any atom is 0.274 e. The number of nitrogens with zero attached hydrogens (tertiary/aromatic N) is 3. The van der Waals surface area contributed by atoms with Gasteiger partial charge in [0.1, 0.15) is 5.69 Å². The van der Waals surface area contributed by atoms with E-state index in [1.807, 2.05) is 29.2 Å². The van der Waals surface area contributed by atoms with Crippen molar-refractivity contribution in [3.63, 3.8) is 0 Å². The molecule has 3 rings (SSSR count). The maximum absolute atomic E-state index is 12.4. The van der Waals surface area contributed by atoms with E-state index < -0.39 is 0 Å². The molecule has 2 N–H and O–H groups in total. The summed E-state index contributed by atoms with van der Waals surface area (Å²) in [6.45, 7) is 2.22. The Morgan fingerprint density at radius 1 is 1.18 bits per heavy atom. The van der Waals surface area contributed by atoms with Crippen molar-refractivity contribution in [3.8, 4) is 0 Å². The van der Waals surface area contributed by atoms with Gasteiger partial charge in [0.05, 0.1) is 17.2 Å². The van der Waals surface area contributed by atoms with Gasteiger partial charge in [0.2, 0.25) is 0 Å². The lowest BCUT2D eigenvalue weighted by atomic mass is 9.97. The Kier molecular flexibility index (Phi) is 7.00. The van der Waals surface area contributed by atoms with E-state index in [4.69, 9.17) is 5.73 Å². The van der Waals surface area contributed by atoms with Crippen LogP contribution in [0.3, 0.4) is 0 Å². The molecule has 0 unspecified atom stereocenters.